The second kappa shape index (κ2) is 10.0. The Hall–Kier alpha value is -2.41. The van der Waals surface area contributed by atoms with Crippen molar-refractivity contribution in [1.29, 1.82) is 0 Å². The van der Waals surface area contributed by atoms with Crippen molar-refractivity contribution in [2.24, 2.45) is 29.6 Å². The lowest BCUT2D eigenvalue weighted by molar-refractivity contribution is -0.165. The molecule has 37 heavy (non-hydrogen) atoms. The van der Waals surface area contributed by atoms with Gasteiger partial charge in [-0.25, -0.2) is 4.79 Å². The molecule has 6 nitrogen and oxygen atoms in total. The first-order valence-corrected chi connectivity index (χ1v) is 13.5. The molecule has 200 valence electrons. The lowest BCUT2D eigenvalue weighted by Crippen LogP contribution is -2.57. The van der Waals surface area contributed by atoms with E-state index in [1.807, 2.05) is 25.2 Å². The van der Waals surface area contributed by atoms with Gasteiger partial charge in [0.25, 0.3) is 0 Å². The normalized spacial score (nSPS) is 45.8. The number of aliphatic hydroxyl groups excluding tert-OH is 1. The van der Waals surface area contributed by atoms with E-state index in [-0.39, 0.29) is 53.9 Å². The molecule has 1 spiro atoms. The Labute approximate surface area is 220 Å². The summed E-state index contributed by atoms with van der Waals surface area (Å²) in [6.07, 6.45) is 13.9. The van der Waals surface area contributed by atoms with Gasteiger partial charge in [-0.2, -0.15) is 0 Å². The maximum Gasteiger partial charge on any atom is 0.334 e. The second-order valence-electron chi connectivity index (χ2n) is 11.3. The Morgan fingerprint density at radius 1 is 1.32 bits per heavy atom. The predicted molar refractivity (Wildman–Crippen MR) is 141 cm³/mol. The number of carbonyl (C=O) groups is 1. The van der Waals surface area contributed by atoms with E-state index in [1.54, 1.807) is 13.2 Å². The molecule has 1 saturated heterocycles. The Balaban J connectivity index is 1.56. The van der Waals surface area contributed by atoms with Crippen molar-refractivity contribution in [3.05, 3.63) is 72.6 Å². The SMILES string of the molecule is C=CC[C@@H]1OC(=C)[C@@H](OC)C[C@H]2C=C[C@H]3[C@H]4O[C@]2(/C(C)=C/[C@H]1C)[C@@H]3[C@H](O)[C@@H](C)[C@H]4OC(=O)C1=CC=CC1. The highest BCUT2D eigenvalue weighted by Gasteiger charge is 2.68. The highest BCUT2D eigenvalue weighted by Crippen LogP contribution is 2.61. The summed E-state index contributed by atoms with van der Waals surface area (Å²) in [5, 5.41) is 11.8. The number of hydrogen-bond donors (Lipinski definition) is 1. The standard InChI is InChI=1S/C31H40O6/c1-7-10-24-17(2)15-18(3)31-22(16-25(34-6)20(5)35-24)13-14-23-26(31)27(32)19(4)28(29(23)37-31)36-30(33)21-11-8-9-12-21/h7-9,11,13-15,17,19,22-29,32H,1,5,10,12,16H2,2-4,6H3/b18-15+/t17-,19-,22-,23-,24+,25+,26+,27-,28-,29-,31+/m1/s1. The van der Waals surface area contributed by atoms with Crippen LogP contribution in [-0.2, 0) is 23.7 Å². The number of rotatable bonds is 5. The van der Waals surface area contributed by atoms with Gasteiger partial charge < -0.3 is 24.1 Å². The average molecular weight is 509 g/mol. The molecule has 0 amide bonds. The van der Waals surface area contributed by atoms with Gasteiger partial charge in [-0.3, -0.25) is 0 Å². The molecule has 1 saturated carbocycles. The van der Waals surface area contributed by atoms with E-state index in [4.69, 9.17) is 18.9 Å². The number of esters is 1. The molecule has 2 heterocycles. The summed E-state index contributed by atoms with van der Waals surface area (Å²) in [5.41, 5.74) is 0.969. The Bertz CT molecular complexity index is 1070. The maximum absolute atomic E-state index is 13.0. The monoisotopic (exact) mass is 508 g/mol. The summed E-state index contributed by atoms with van der Waals surface area (Å²) in [5.74, 6) is -0.218. The van der Waals surface area contributed by atoms with Gasteiger partial charge in [0, 0.05) is 48.7 Å². The smallest absolute Gasteiger partial charge is 0.334 e. The van der Waals surface area contributed by atoms with Crippen LogP contribution in [0, 0.1) is 29.6 Å². The van der Waals surface area contributed by atoms with Crippen LogP contribution in [0.4, 0.5) is 0 Å². The van der Waals surface area contributed by atoms with Gasteiger partial charge >= 0.3 is 5.97 Å². The van der Waals surface area contributed by atoms with Crippen LogP contribution in [-0.4, -0.2) is 54.3 Å². The number of aliphatic hydroxyl groups is 1. The van der Waals surface area contributed by atoms with E-state index in [1.165, 1.54) is 0 Å². The zero-order valence-electron chi connectivity index (χ0n) is 22.3. The summed E-state index contributed by atoms with van der Waals surface area (Å²) >= 11 is 0. The van der Waals surface area contributed by atoms with Gasteiger partial charge in [0.15, 0.2) is 0 Å². The first-order chi connectivity index (χ1) is 17.7. The van der Waals surface area contributed by atoms with Crippen LogP contribution in [0.15, 0.2) is 72.6 Å². The molecule has 0 aromatic carbocycles. The van der Waals surface area contributed by atoms with E-state index in [0.29, 0.717) is 30.6 Å². The van der Waals surface area contributed by atoms with E-state index < -0.39 is 17.8 Å². The Kier molecular flexibility index (Phi) is 7.12. The number of hydrogen-bond acceptors (Lipinski definition) is 6. The van der Waals surface area contributed by atoms with Crippen LogP contribution >= 0.6 is 0 Å². The molecule has 0 radical (unpaired) electrons. The third-order valence-corrected chi connectivity index (χ3v) is 9.29. The summed E-state index contributed by atoms with van der Waals surface area (Å²) < 4.78 is 25.3. The number of carbonyl (C=O) groups excluding carboxylic acids is 1. The molecular weight excluding hydrogens is 468 g/mol. The van der Waals surface area contributed by atoms with Crippen LogP contribution in [0.2, 0.25) is 0 Å². The fourth-order valence-corrected chi connectivity index (χ4v) is 7.33. The molecule has 1 N–H and O–H groups in total. The van der Waals surface area contributed by atoms with Crippen molar-refractivity contribution in [3.8, 4) is 0 Å². The molecule has 5 aliphatic rings. The van der Waals surface area contributed by atoms with E-state index >= 15 is 0 Å². The van der Waals surface area contributed by atoms with Gasteiger partial charge in [-0.1, -0.05) is 63.0 Å². The first-order valence-electron chi connectivity index (χ1n) is 13.5. The van der Waals surface area contributed by atoms with Crippen molar-refractivity contribution < 1.29 is 28.8 Å². The molecule has 0 aromatic heterocycles. The maximum atomic E-state index is 13.0. The summed E-state index contributed by atoms with van der Waals surface area (Å²) in [7, 11) is 1.68. The summed E-state index contributed by atoms with van der Waals surface area (Å²) in [6, 6.07) is 0. The minimum Gasteiger partial charge on any atom is -0.492 e. The van der Waals surface area contributed by atoms with Crippen LogP contribution in [0.3, 0.4) is 0 Å². The fraction of sp³-hybridized carbons (Fsp3) is 0.581. The van der Waals surface area contributed by atoms with Crippen LogP contribution in [0.1, 0.15) is 40.0 Å². The molecule has 2 aliphatic heterocycles. The predicted octanol–water partition coefficient (Wildman–Crippen LogP) is 4.83. The molecule has 11 atom stereocenters. The lowest BCUT2D eigenvalue weighted by atomic mass is 9.57. The lowest BCUT2D eigenvalue weighted by Gasteiger charge is -2.49. The zero-order chi connectivity index (χ0) is 26.5. The van der Waals surface area contributed by atoms with Crippen molar-refractivity contribution >= 4 is 5.97 Å². The Morgan fingerprint density at radius 2 is 2.11 bits per heavy atom. The third-order valence-electron chi connectivity index (χ3n) is 9.29. The topological polar surface area (TPSA) is 74.2 Å². The highest BCUT2D eigenvalue weighted by molar-refractivity contribution is 5.90. The third kappa shape index (κ3) is 4.18. The van der Waals surface area contributed by atoms with Crippen LogP contribution in [0.5, 0.6) is 0 Å². The van der Waals surface area contributed by atoms with Crippen molar-refractivity contribution in [3.63, 3.8) is 0 Å². The van der Waals surface area contributed by atoms with Crippen LogP contribution < -0.4 is 0 Å². The fourth-order valence-electron chi connectivity index (χ4n) is 7.33. The molecule has 4 bridgehead atoms. The molecule has 5 rings (SSSR count). The summed E-state index contributed by atoms with van der Waals surface area (Å²) in [4.78, 5) is 13.0. The van der Waals surface area contributed by atoms with E-state index in [2.05, 4.69) is 45.2 Å². The second-order valence-corrected chi connectivity index (χ2v) is 11.3. The highest BCUT2D eigenvalue weighted by atomic mass is 16.6. The Morgan fingerprint density at radius 3 is 2.78 bits per heavy atom. The van der Waals surface area contributed by atoms with Crippen molar-refractivity contribution in [1.82, 2.24) is 0 Å². The van der Waals surface area contributed by atoms with E-state index in [9.17, 15) is 9.90 Å². The molecule has 0 aromatic rings. The molecule has 3 aliphatic carbocycles. The molecule has 0 unspecified atom stereocenters. The molecular formula is C31H40O6. The van der Waals surface area contributed by atoms with Gasteiger partial charge in [0.2, 0.25) is 0 Å². The number of allylic oxidation sites excluding steroid dienone is 3. The molecule has 6 heteroatoms. The van der Waals surface area contributed by atoms with Gasteiger partial charge in [0.05, 0.1) is 6.10 Å². The number of methoxy groups -OCH3 is 1. The quantitative estimate of drug-likeness (QED) is 0.424. The van der Waals surface area contributed by atoms with Gasteiger partial charge in [0.1, 0.15) is 35.8 Å². The minimum atomic E-state index is -0.742. The first kappa shape index (κ1) is 26.2. The summed E-state index contributed by atoms with van der Waals surface area (Å²) in [6.45, 7) is 14.3. The van der Waals surface area contributed by atoms with Crippen LogP contribution in [0.25, 0.3) is 0 Å². The zero-order valence-corrected chi connectivity index (χ0v) is 22.3. The van der Waals surface area contributed by atoms with E-state index in [0.717, 1.165) is 5.57 Å². The minimum absolute atomic E-state index is 0.0538. The molecule has 2 fully saturated rings. The largest absolute Gasteiger partial charge is 0.492 e. The van der Waals surface area contributed by atoms with Gasteiger partial charge in [-0.15, -0.1) is 6.58 Å². The number of ether oxygens (including phenoxy) is 4. The van der Waals surface area contributed by atoms with Gasteiger partial charge in [-0.05, 0) is 25.3 Å². The van der Waals surface area contributed by atoms with Crippen molar-refractivity contribution in [2.45, 2.75) is 76.2 Å². The average Bonchev–Trinajstić information content (AvgIpc) is 3.47. The van der Waals surface area contributed by atoms with Crippen molar-refractivity contribution in [2.75, 3.05) is 7.11 Å².